The van der Waals surface area contributed by atoms with Gasteiger partial charge in [-0.2, -0.15) is 0 Å². The summed E-state index contributed by atoms with van der Waals surface area (Å²) in [5.74, 6) is 0.0740. The lowest BCUT2D eigenvalue weighted by atomic mass is 9.90. The minimum absolute atomic E-state index is 0.0341. The zero-order valence-corrected chi connectivity index (χ0v) is 13.7. The van der Waals surface area contributed by atoms with Gasteiger partial charge in [0, 0.05) is 49.3 Å². The van der Waals surface area contributed by atoms with Crippen LogP contribution in [0.5, 0.6) is 0 Å². The highest BCUT2D eigenvalue weighted by Crippen LogP contribution is 2.32. The number of fused-ring (bicyclic) bond motifs is 1. The van der Waals surface area contributed by atoms with Gasteiger partial charge in [0.15, 0.2) is 0 Å². The molecule has 1 fully saturated rings. The second kappa shape index (κ2) is 6.61. The molecule has 2 atom stereocenters. The number of aliphatic hydroxyl groups excluding tert-OH is 1. The van der Waals surface area contributed by atoms with E-state index in [4.69, 9.17) is 0 Å². The third-order valence-electron chi connectivity index (χ3n) is 4.91. The van der Waals surface area contributed by atoms with Crippen LogP contribution in [0.15, 0.2) is 60.9 Å². The maximum atomic E-state index is 12.9. The largest absolute Gasteiger partial charge is 0.396 e. The molecule has 2 aromatic heterocycles. The minimum atomic E-state index is -0.0826. The average molecular weight is 333 g/mol. The van der Waals surface area contributed by atoms with Gasteiger partial charge in [0.2, 0.25) is 0 Å². The van der Waals surface area contributed by atoms with Gasteiger partial charge in [0.25, 0.3) is 5.91 Å². The number of carbonyl (C=O) groups excluding carboxylic acids is 1. The van der Waals surface area contributed by atoms with E-state index in [1.54, 1.807) is 23.4 Å². The molecule has 3 heterocycles. The fourth-order valence-corrected chi connectivity index (χ4v) is 3.56. The molecule has 4 rings (SSSR count). The Hall–Kier alpha value is -2.79. The molecule has 1 N–H and O–H groups in total. The number of nitrogens with zero attached hydrogens (tertiary/aromatic N) is 3. The van der Waals surface area contributed by atoms with E-state index in [9.17, 15) is 9.90 Å². The Morgan fingerprint density at radius 3 is 2.68 bits per heavy atom. The van der Waals surface area contributed by atoms with Crippen molar-refractivity contribution < 1.29 is 9.90 Å². The van der Waals surface area contributed by atoms with E-state index in [1.165, 1.54) is 0 Å². The van der Waals surface area contributed by atoms with Gasteiger partial charge in [-0.3, -0.25) is 9.78 Å². The zero-order valence-electron chi connectivity index (χ0n) is 13.7. The van der Waals surface area contributed by atoms with Crippen LogP contribution < -0.4 is 0 Å². The Bertz CT molecular complexity index is 898. The van der Waals surface area contributed by atoms with Crippen LogP contribution in [0.4, 0.5) is 0 Å². The van der Waals surface area contributed by atoms with Crippen LogP contribution in [-0.4, -0.2) is 45.6 Å². The predicted molar refractivity (Wildman–Crippen MR) is 95.2 cm³/mol. The molecule has 1 amide bonds. The Kier molecular flexibility index (Phi) is 4.15. The van der Waals surface area contributed by atoms with Crippen molar-refractivity contribution in [2.75, 3.05) is 19.7 Å². The molecule has 5 nitrogen and oxygen atoms in total. The first-order valence-corrected chi connectivity index (χ1v) is 8.42. The normalized spacial score (nSPS) is 20.1. The monoisotopic (exact) mass is 333 g/mol. The number of aliphatic hydroxyl groups is 1. The van der Waals surface area contributed by atoms with Crippen LogP contribution in [-0.2, 0) is 0 Å². The molecule has 0 aliphatic carbocycles. The van der Waals surface area contributed by atoms with Crippen molar-refractivity contribution in [3.05, 3.63) is 72.2 Å². The lowest BCUT2D eigenvalue weighted by Gasteiger charge is -2.16. The molecule has 0 saturated carbocycles. The van der Waals surface area contributed by atoms with E-state index in [2.05, 4.69) is 9.97 Å². The van der Waals surface area contributed by atoms with Crippen LogP contribution in [0.25, 0.3) is 10.9 Å². The number of pyridine rings is 2. The van der Waals surface area contributed by atoms with Gasteiger partial charge in [-0.25, -0.2) is 4.98 Å². The summed E-state index contributed by atoms with van der Waals surface area (Å²) >= 11 is 0. The number of rotatable bonds is 3. The van der Waals surface area contributed by atoms with Crippen LogP contribution in [0.1, 0.15) is 22.0 Å². The summed E-state index contributed by atoms with van der Waals surface area (Å²) in [6.45, 7) is 1.18. The number of benzene rings is 1. The first-order valence-electron chi connectivity index (χ1n) is 8.42. The number of aromatic nitrogens is 2. The molecule has 126 valence electrons. The first kappa shape index (κ1) is 15.7. The third-order valence-corrected chi connectivity index (χ3v) is 4.91. The van der Waals surface area contributed by atoms with Crippen molar-refractivity contribution in [1.82, 2.24) is 14.9 Å². The van der Waals surface area contributed by atoms with Gasteiger partial charge in [0.05, 0.1) is 5.52 Å². The molecule has 0 spiro atoms. The van der Waals surface area contributed by atoms with E-state index >= 15 is 0 Å². The van der Waals surface area contributed by atoms with E-state index in [-0.39, 0.29) is 24.3 Å². The van der Waals surface area contributed by atoms with Gasteiger partial charge in [0.1, 0.15) is 5.69 Å². The fourth-order valence-electron chi connectivity index (χ4n) is 3.56. The lowest BCUT2D eigenvalue weighted by Crippen LogP contribution is -2.30. The number of likely N-dealkylation sites (tertiary alicyclic amines) is 1. The highest BCUT2D eigenvalue weighted by atomic mass is 16.3. The number of amides is 1. The summed E-state index contributed by atoms with van der Waals surface area (Å²) in [5.41, 5.74) is 2.37. The second-order valence-electron chi connectivity index (χ2n) is 6.43. The number of hydrogen-bond donors (Lipinski definition) is 1. The van der Waals surface area contributed by atoms with E-state index in [1.807, 2.05) is 42.5 Å². The summed E-state index contributed by atoms with van der Waals surface area (Å²) in [5, 5.41) is 10.8. The maximum absolute atomic E-state index is 12.9. The van der Waals surface area contributed by atoms with E-state index in [0.29, 0.717) is 18.8 Å². The smallest absolute Gasteiger partial charge is 0.272 e. The van der Waals surface area contributed by atoms with Crippen molar-refractivity contribution in [1.29, 1.82) is 0 Å². The SMILES string of the molecule is O=C(c1ccc2ccccc2n1)N1C[C@@H](CO)[C@H](c2ccncc2)C1. The Balaban J connectivity index is 1.59. The van der Waals surface area contributed by atoms with Crippen molar-refractivity contribution >= 4 is 16.8 Å². The molecule has 1 saturated heterocycles. The molecular weight excluding hydrogens is 314 g/mol. The van der Waals surface area contributed by atoms with Gasteiger partial charge in [-0.05, 0) is 29.8 Å². The van der Waals surface area contributed by atoms with Crippen LogP contribution in [0.3, 0.4) is 0 Å². The summed E-state index contributed by atoms with van der Waals surface area (Å²) in [4.78, 5) is 23.2. The molecule has 3 aromatic rings. The Labute approximate surface area is 146 Å². The minimum Gasteiger partial charge on any atom is -0.396 e. The van der Waals surface area contributed by atoms with E-state index in [0.717, 1.165) is 16.5 Å². The van der Waals surface area contributed by atoms with Crippen molar-refractivity contribution in [2.24, 2.45) is 5.92 Å². The van der Waals surface area contributed by atoms with Crippen LogP contribution >= 0.6 is 0 Å². The van der Waals surface area contributed by atoms with Gasteiger partial charge >= 0.3 is 0 Å². The number of carbonyl (C=O) groups is 1. The molecule has 5 heteroatoms. The van der Waals surface area contributed by atoms with Gasteiger partial charge in [-0.15, -0.1) is 0 Å². The quantitative estimate of drug-likeness (QED) is 0.800. The fraction of sp³-hybridized carbons (Fsp3) is 0.250. The van der Waals surface area contributed by atoms with Crippen LogP contribution in [0, 0.1) is 5.92 Å². The number of para-hydroxylation sites is 1. The van der Waals surface area contributed by atoms with Gasteiger partial charge in [-0.1, -0.05) is 24.3 Å². The standard InChI is InChI=1S/C20H19N3O2/c24-13-16-11-23(12-17(16)14-7-9-21-10-8-14)20(25)19-6-5-15-3-1-2-4-18(15)22-19/h1-10,16-17,24H,11-13H2/t16-,17-/m0/s1. The first-order chi connectivity index (χ1) is 12.3. The predicted octanol–water partition coefficient (Wildman–Crippen LogP) is 2.48. The molecule has 1 aromatic carbocycles. The summed E-state index contributed by atoms with van der Waals surface area (Å²) in [7, 11) is 0. The van der Waals surface area contributed by atoms with Crippen LogP contribution in [0.2, 0.25) is 0 Å². The van der Waals surface area contributed by atoms with Crippen molar-refractivity contribution in [3.8, 4) is 0 Å². The summed E-state index contributed by atoms with van der Waals surface area (Å²) in [6, 6.07) is 15.4. The molecule has 0 bridgehead atoms. The molecular formula is C20H19N3O2. The summed E-state index contributed by atoms with van der Waals surface area (Å²) < 4.78 is 0. The Morgan fingerprint density at radius 2 is 1.88 bits per heavy atom. The molecule has 1 aliphatic rings. The Morgan fingerprint density at radius 1 is 1.08 bits per heavy atom. The topological polar surface area (TPSA) is 66.3 Å². The maximum Gasteiger partial charge on any atom is 0.272 e. The second-order valence-corrected chi connectivity index (χ2v) is 6.43. The highest BCUT2D eigenvalue weighted by molar-refractivity contribution is 5.95. The van der Waals surface area contributed by atoms with E-state index < -0.39 is 0 Å². The van der Waals surface area contributed by atoms with Crippen molar-refractivity contribution in [2.45, 2.75) is 5.92 Å². The molecule has 0 radical (unpaired) electrons. The molecule has 25 heavy (non-hydrogen) atoms. The van der Waals surface area contributed by atoms with Crippen molar-refractivity contribution in [3.63, 3.8) is 0 Å². The average Bonchev–Trinajstić information content (AvgIpc) is 3.12. The highest BCUT2D eigenvalue weighted by Gasteiger charge is 2.36. The third kappa shape index (κ3) is 2.98. The molecule has 0 unspecified atom stereocenters. The zero-order chi connectivity index (χ0) is 17.2. The van der Waals surface area contributed by atoms with Gasteiger partial charge < -0.3 is 10.0 Å². The number of hydrogen-bond acceptors (Lipinski definition) is 4. The molecule has 1 aliphatic heterocycles. The summed E-state index contributed by atoms with van der Waals surface area (Å²) in [6.07, 6.45) is 3.50. The lowest BCUT2D eigenvalue weighted by molar-refractivity contribution is 0.0776.